The Kier molecular flexibility index (Phi) is 3.21. The second-order valence-electron chi connectivity index (χ2n) is 4.58. The van der Waals surface area contributed by atoms with Crippen molar-refractivity contribution in [3.8, 4) is 0 Å². The summed E-state index contributed by atoms with van der Waals surface area (Å²) in [4.78, 5) is 21.2. The molecule has 0 saturated heterocycles. The summed E-state index contributed by atoms with van der Waals surface area (Å²) in [6.07, 6.45) is 4.64. The van der Waals surface area contributed by atoms with Crippen LogP contribution in [0, 0.1) is 6.92 Å². The Hall–Kier alpha value is -1.89. The molecule has 3 heterocycles. The number of aromatic nitrogens is 5. The fraction of sp³-hybridized carbons (Fsp3) is 0.385. The van der Waals surface area contributed by atoms with E-state index in [1.807, 2.05) is 32.4 Å². The molecule has 0 unspecified atom stereocenters. The summed E-state index contributed by atoms with van der Waals surface area (Å²) < 4.78 is 3.36. The van der Waals surface area contributed by atoms with Gasteiger partial charge in [0.25, 0.3) is 11.3 Å². The number of rotatable bonds is 3. The normalized spacial score (nSPS) is 11.6. The molecule has 3 aromatic rings. The summed E-state index contributed by atoms with van der Waals surface area (Å²) in [5, 5.41) is 5.65. The highest BCUT2D eigenvalue weighted by Gasteiger charge is 2.13. The Morgan fingerprint density at radius 1 is 1.35 bits per heavy atom. The molecule has 7 heteroatoms. The monoisotopic (exact) mass is 289 g/mol. The van der Waals surface area contributed by atoms with Gasteiger partial charge >= 0.3 is 0 Å². The van der Waals surface area contributed by atoms with Crippen molar-refractivity contribution in [1.29, 1.82) is 0 Å². The molecule has 0 spiro atoms. The van der Waals surface area contributed by atoms with Crippen molar-refractivity contribution < 1.29 is 0 Å². The van der Waals surface area contributed by atoms with Gasteiger partial charge in [-0.3, -0.25) is 4.79 Å². The second-order valence-corrected chi connectivity index (χ2v) is 5.36. The number of thioether (sulfide) groups is 1. The minimum absolute atomic E-state index is 0.0162. The van der Waals surface area contributed by atoms with Crippen molar-refractivity contribution in [1.82, 2.24) is 24.1 Å². The molecule has 0 radical (unpaired) electrons. The van der Waals surface area contributed by atoms with E-state index in [1.54, 1.807) is 9.08 Å². The zero-order chi connectivity index (χ0) is 14.3. The molecule has 104 valence electrons. The van der Waals surface area contributed by atoms with Gasteiger partial charge < -0.3 is 4.57 Å². The Morgan fingerprint density at radius 2 is 2.15 bits per heavy atom. The molecule has 0 saturated carbocycles. The molecule has 20 heavy (non-hydrogen) atoms. The van der Waals surface area contributed by atoms with E-state index in [2.05, 4.69) is 15.1 Å². The number of hydrogen-bond acceptors (Lipinski definition) is 5. The van der Waals surface area contributed by atoms with Crippen LogP contribution in [0.1, 0.15) is 19.0 Å². The first-order valence-electron chi connectivity index (χ1n) is 6.46. The maximum Gasteiger partial charge on any atom is 0.261 e. The maximum absolute atomic E-state index is 12.5. The zero-order valence-corrected chi connectivity index (χ0v) is 12.4. The van der Waals surface area contributed by atoms with Gasteiger partial charge in [-0.2, -0.15) is 9.50 Å². The van der Waals surface area contributed by atoms with E-state index in [-0.39, 0.29) is 5.56 Å². The summed E-state index contributed by atoms with van der Waals surface area (Å²) >= 11 is 1.46. The van der Waals surface area contributed by atoms with Gasteiger partial charge in [0, 0.05) is 12.7 Å². The first kappa shape index (κ1) is 13.1. The van der Waals surface area contributed by atoms with Crippen molar-refractivity contribution in [2.75, 3.05) is 6.26 Å². The maximum atomic E-state index is 12.5. The third kappa shape index (κ3) is 1.89. The van der Waals surface area contributed by atoms with Crippen molar-refractivity contribution in [2.24, 2.45) is 0 Å². The van der Waals surface area contributed by atoms with Crippen LogP contribution in [0.4, 0.5) is 0 Å². The predicted molar refractivity (Wildman–Crippen MR) is 79.4 cm³/mol. The first-order chi connectivity index (χ1) is 9.65. The molecule has 0 N–H and O–H groups in total. The van der Waals surface area contributed by atoms with E-state index in [4.69, 9.17) is 0 Å². The highest BCUT2D eigenvalue weighted by Crippen LogP contribution is 2.17. The molecule has 0 amide bonds. The van der Waals surface area contributed by atoms with Crippen LogP contribution in [0.3, 0.4) is 0 Å². The molecule has 3 rings (SSSR count). The molecule has 3 aromatic heterocycles. The second kappa shape index (κ2) is 4.90. The van der Waals surface area contributed by atoms with Crippen molar-refractivity contribution in [3.05, 3.63) is 28.3 Å². The number of fused-ring (bicyclic) bond motifs is 3. The van der Waals surface area contributed by atoms with Crippen LogP contribution in [-0.2, 0) is 6.54 Å². The van der Waals surface area contributed by atoms with E-state index in [0.717, 1.165) is 11.9 Å². The highest BCUT2D eigenvalue weighted by atomic mass is 32.2. The number of aryl methyl sites for hydroxylation is 2. The minimum Gasteiger partial charge on any atom is -0.315 e. The number of pyridine rings is 1. The van der Waals surface area contributed by atoms with Crippen LogP contribution in [0.5, 0.6) is 0 Å². The summed E-state index contributed by atoms with van der Waals surface area (Å²) in [5.74, 6) is 0.534. The standard InChI is InChI=1S/C13H15N5OS/c1-4-6-17-7-5-9-10(11(17)19)8(2)14-12-15-13(20-3)16-18(9)12/h5,7H,4,6H2,1-3H3. The van der Waals surface area contributed by atoms with Gasteiger partial charge in [-0.05, 0) is 25.7 Å². The van der Waals surface area contributed by atoms with Crippen LogP contribution >= 0.6 is 11.8 Å². The lowest BCUT2D eigenvalue weighted by Gasteiger charge is -2.07. The fourth-order valence-corrected chi connectivity index (χ4v) is 2.65. The van der Waals surface area contributed by atoms with Gasteiger partial charge in [0.1, 0.15) is 0 Å². The van der Waals surface area contributed by atoms with Crippen molar-refractivity contribution >= 4 is 28.4 Å². The van der Waals surface area contributed by atoms with Gasteiger partial charge in [-0.25, -0.2) is 4.98 Å². The Balaban J connectivity index is 2.42. The number of nitrogens with zero attached hydrogens (tertiary/aromatic N) is 5. The molecule has 0 atom stereocenters. The van der Waals surface area contributed by atoms with Gasteiger partial charge in [0.2, 0.25) is 5.16 Å². The lowest BCUT2D eigenvalue weighted by Crippen LogP contribution is -2.21. The number of hydrogen-bond donors (Lipinski definition) is 0. The smallest absolute Gasteiger partial charge is 0.261 e. The van der Waals surface area contributed by atoms with Crippen molar-refractivity contribution in [3.63, 3.8) is 0 Å². The van der Waals surface area contributed by atoms with Gasteiger partial charge in [0.05, 0.1) is 16.6 Å². The predicted octanol–water partition coefficient (Wildman–Crippen LogP) is 1.88. The molecule has 0 aromatic carbocycles. The van der Waals surface area contributed by atoms with Gasteiger partial charge in [0.15, 0.2) is 0 Å². The largest absolute Gasteiger partial charge is 0.315 e. The average Bonchev–Trinajstić information content (AvgIpc) is 2.84. The summed E-state index contributed by atoms with van der Waals surface area (Å²) in [6.45, 7) is 4.60. The zero-order valence-electron chi connectivity index (χ0n) is 11.6. The Morgan fingerprint density at radius 3 is 2.85 bits per heavy atom. The van der Waals surface area contributed by atoms with Crippen LogP contribution in [0.2, 0.25) is 0 Å². The van der Waals surface area contributed by atoms with Gasteiger partial charge in [-0.15, -0.1) is 5.10 Å². The molecular formula is C13H15N5OS. The minimum atomic E-state index is -0.0162. The lowest BCUT2D eigenvalue weighted by atomic mass is 10.2. The van der Waals surface area contributed by atoms with E-state index in [0.29, 0.717) is 28.6 Å². The summed E-state index contributed by atoms with van der Waals surface area (Å²) in [7, 11) is 0. The van der Waals surface area contributed by atoms with E-state index in [1.165, 1.54) is 11.8 Å². The quantitative estimate of drug-likeness (QED) is 0.689. The van der Waals surface area contributed by atoms with Crippen LogP contribution in [-0.4, -0.2) is 30.4 Å². The average molecular weight is 289 g/mol. The lowest BCUT2D eigenvalue weighted by molar-refractivity contribution is 0.658. The molecule has 0 bridgehead atoms. The SMILES string of the molecule is CCCn1ccc2c(c(C)nc3nc(SC)nn32)c1=O. The van der Waals surface area contributed by atoms with Crippen LogP contribution in [0.25, 0.3) is 16.7 Å². The Bertz CT molecular complexity index is 851. The first-order valence-corrected chi connectivity index (χ1v) is 7.68. The molecule has 0 aliphatic rings. The molecule has 0 aliphatic carbocycles. The topological polar surface area (TPSA) is 65.1 Å². The third-order valence-corrected chi connectivity index (χ3v) is 3.76. The van der Waals surface area contributed by atoms with E-state index in [9.17, 15) is 4.79 Å². The highest BCUT2D eigenvalue weighted by molar-refractivity contribution is 7.98. The molecular weight excluding hydrogens is 274 g/mol. The fourth-order valence-electron chi connectivity index (χ4n) is 2.31. The summed E-state index contributed by atoms with van der Waals surface area (Å²) in [6, 6.07) is 1.91. The summed E-state index contributed by atoms with van der Waals surface area (Å²) in [5.41, 5.74) is 1.44. The van der Waals surface area contributed by atoms with Crippen molar-refractivity contribution in [2.45, 2.75) is 32.0 Å². The van der Waals surface area contributed by atoms with E-state index < -0.39 is 0 Å². The van der Waals surface area contributed by atoms with Crippen LogP contribution in [0.15, 0.2) is 22.2 Å². The van der Waals surface area contributed by atoms with E-state index >= 15 is 0 Å². The molecule has 0 aliphatic heterocycles. The van der Waals surface area contributed by atoms with Crippen LogP contribution < -0.4 is 5.56 Å². The molecule has 0 fully saturated rings. The van der Waals surface area contributed by atoms with Gasteiger partial charge in [-0.1, -0.05) is 18.7 Å². The third-order valence-electron chi connectivity index (χ3n) is 3.22. The Labute approximate surface area is 119 Å². The molecule has 6 nitrogen and oxygen atoms in total.